The summed E-state index contributed by atoms with van der Waals surface area (Å²) in [6.45, 7) is 0.519. The van der Waals surface area contributed by atoms with Crippen LogP contribution in [0, 0.1) is 0 Å². The summed E-state index contributed by atoms with van der Waals surface area (Å²) >= 11 is 0. The van der Waals surface area contributed by atoms with Gasteiger partial charge in [-0.05, 0) is 29.7 Å². The van der Waals surface area contributed by atoms with Gasteiger partial charge in [-0.25, -0.2) is 0 Å². The maximum Gasteiger partial charge on any atom is 0.267 e. The van der Waals surface area contributed by atoms with Gasteiger partial charge in [-0.15, -0.1) is 0 Å². The quantitative estimate of drug-likeness (QED) is 0.680. The van der Waals surface area contributed by atoms with Gasteiger partial charge in [-0.3, -0.25) is 14.6 Å². The maximum atomic E-state index is 12.3. The molecule has 0 spiro atoms. The van der Waals surface area contributed by atoms with Gasteiger partial charge >= 0.3 is 0 Å². The summed E-state index contributed by atoms with van der Waals surface area (Å²) in [6.07, 6.45) is 2.13. The topological polar surface area (TPSA) is 85.1 Å². The van der Waals surface area contributed by atoms with Crippen molar-refractivity contribution in [3.8, 4) is 0 Å². The number of nitrogens with two attached hydrogens (primary N) is 1. The summed E-state index contributed by atoms with van der Waals surface area (Å²) in [7, 11) is 0. The molecule has 3 aromatic rings. The number of nitrogens with zero attached hydrogens (tertiary/aromatic N) is 1. The van der Waals surface area contributed by atoms with Crippen LogP contribution in [0.5, 0.6) is 0 Å². The molecule has 2 aromatic carbocycles. The fourth-order valence-corrected chi connectivity index (χ4v) is 3.00. The number of primary amides is 1. The molecule has 0 aliphatic heterocycles. The summed E-state index contributed by atoms with van der Waals surface area (Å²) in [4.78, 5) is 27.3. The molecule has 0 bridgehead atoms. The van der Waals surface area contributed by atoms with Gasteiger partial charge in [0.15, 0.2) is 0 Å². The predicted octanol–water partition coefficient (Wildman–Crippen LogP) is 3.13. The summed E-state index contributed by atoms with van der Waals surface area (Å²) in [5.41, 5.74) is 8.13. The zero-order chi connectivity index (χ0) is 19.1. The normalized spacial score (nSPS) is 10.6. The van der Waals surface area contributed by atoms with Gasteiger partial charge in [0, 0.05) is 18.7 Å². The van der Waals surface area contributed by atoms with Gasteiger partial charge in [0.1, 0.15) is 5.69 Å². The van der Waals surface area contributed by atoms with Crippen LogP contribution in [0.3, 0.4) is 0 Å². The molecular formula is C22H21N3O2. The fourth-order valence-electron chi connectivity index (χ4n) is 3.00. The Morgan fingerprint density at radius 2 is 1.48 bits per heavy atom. The molecule has 0 saturated carbocycles. The first-order valence-electron chi connectivity index (χ1n) is 8.79. The number of rotatable bonds is 7. The molecule has 3 rings (SSSR count). The third kappa shape index (κ3) is 4.79. The second-order valence-corrected chi connectivity index (χ2v) is 6.21. The lowest BCUT2D eigenvalue weighted by Gasteiger charge is -2.18. The van der Waals surface area contributed by atoms with Crippen LogP contribution in [0.15, 0.2) is 79.0 Å². The van der Waals surface area contributed by atoms with Gasteiger partial charge in [0.2, 0.25) is 0 Å². The Kier molecular flexibility index (Phi) is 5.94. The van der Waals surface area contributed by atoms with Crippen molar-refractivity contribution in [3.63, 3.8) is 0 Å². The van der Waals surface area contributed by atoms with E-state index in [1.54, 1.807) is 6.07 Å². The van der Waals surface area contributed by atoms with E-state index >= 15 is 0 Å². The number of pyridine rings is 1. The lowest BCUT2D eigenvalue weighted by Crippen LogP contribution is -2.26. The first-order chi connectivity index (χ1) is 13.1. The van der Waals surface area contributed by atoms with E-state index in [9.17, 15) is 9.59 Å². The van der Waals surface area contributed by atoms with Gasteiger partial charge < -0.3 is 11.1 Å². The predicted molar refractivity (Wildman–Crippen MR) is 104 cm³/mol. The number of carbonyl (C=O) groups is 2. The SMILES string of the molecule is NC(=O)c1ccc(C(=O)NCCC(c2ccccc2)c2ccccc2)cn1. The molecule has 5 heteroatoms. The second-order valence-electron chi connectivity index (χ2n) is 6.21. The Hall–Kier alpha value is -3.47. The number of benzene rings is 2. The molecule has 27 heavy (non-hydrogen) atoms. The molecule has 0 atom stereocenters. The number of hydrogen-bond donors (Lipinski definition) is 2. The first-order valence-corrected chi connectivity index (χ1v) is 8.79. The Morgan fingerprint density at radius 3 is 1.96 bits per heavy atom. The van der Waals surface area contributed by atoms with Crippen LogP contribution in [0.1, 0.15) is 44.3 Å². The minimum Gasteiger partial charge on any atom is -0.364 e. The fraction of sp³-hybridized carbons (Fsp3) is 0.136. The largest absolute Gasteiger partial charge is 0.364 e. The van der Waals surface area contributed by atoms with Crippen LogP contribution >= 0.6 is 0 Å². The summed E-state index contributed by atoms with van der Waals surface area (Å²) < 4.78 is 0. The van der Waals surface area contributed by atoms with Gasteiger partial charge in [0.05, 0.1) is 5.56 Å². The third-order valence-corrected chi connectivity index (χ3v) is 4.40. The minimum absolute atomic E-state index is 0.139. The molecule has 0 aliphatic rings. The number of aromatic nitrogens is 1. The van der Waals surface area contributed by atoms with E-state index in [1.165, 1.54) is 23.4 Å². The van der Waals surface area contributed by atoms with Gasteiger partial charge in [-0.1, -0.05) is 60.7 Å². The van der Waals surface area contributed by atoms with Crippen LogP contribution in [-0.4, -0.2) is 23.3 Å². The van der Waals surface area contributed by atoms with Crippen LogP contribution in [-0.2, 0) is 0 Å². The minimum atomic E-state index is -0.615. The lowest BCUT2D eigenvalue weighted by molar-refractivity contribution is 0.0948. The molecule has 1 aromatic heterocycles. The Bertz CT molecular complexity index is 854. The van der Waals surface area contributed by atoms with E-state index in [0.717, 1.165) is 6.42 Å². The van der Waals surface area contributed by atoms with E-state index in [0.29, 0.717) is 12.1 Å². The van der Waals surface area contributed by atoms with Crippen LogP contribution < -0.4 is 11.1 Å². The molecule has 0 unspecified atom stereocenters. The van der Waals surface area contributed by atoms with E-state index in [4.69, 9.17) is 5.73 Å². The smallest absolute Gasteiger partial charge is 0.267 e. The number of amides is 2. The second kappa shape index (κ2) is 8.76. The molecule has 136 valence electrons. The number of carbonyl (C=O) groups excluding carboxylic acids is 2. The Balaban J connectivity index is 1.65. The van der Waals surface area contributed by atoms with Crippen molar-refractivity contribution < 1.29 is 9.59 Å². The van der Waals surface area contributed by atoms with E-state index in [2.05, 4.69) is 34.6 Å². The van der Waals surface area contributed by atoms with Crippen molar-refractivity contribution in [2.75, 3.05) is 6.54 Å². The number of nitrogens with one attached hydrogen (secondary N) is 1. The van der Waals surface area contributed by atoms with Gasteiger partial charge in [0.25, 0.3) is 11.8 Å². The summed E-state index contributed by atoms with van der Waals surface area (Å²) in [5.74, 6) is -0.642. The molecule has 2 amide bonds. The highest BCUT2D eigenvalue weighted by Gasteiger charge is 2.15. The third-order valence-electron chi connectivity index (χ3n) is 4.40. The molecule has 5 nitrogen and oxygen atoms in total. The lowest BCUT2D eigenvalue weighted by atomic mass is 9.88. The molecule has 0 radical (unpaired) electrons. The van der Waals surface area contributed by atoms with E-state index in [-0.39, 0.29) is 17.5 Å². The maximum absolute atomic E-state index is 12.3. The Labute approximate surface area is 158 Å². The zero-order valence-corrected chi connectivity index (χ0v) is 14.8. The monoisotopic (exact) mass is 359 g/mol. The van der Waals surface area contributed by atoms with Crippen molar-refractivity contribution in [1.29, 1.82) is 0 Å². The van der Waals surface area contributed by atoms with Gasteiger partial charge in [-0.2, -0.15) is 0 Å². The van der Waals surface area contributed by atoms with Crippen molar-refractivity contribution in [2.45, 2.75) is 12.3 Å². The van der Waals surface area contributed by atoms with E-state index in [1.807, 2.05) is 36.4 Å². The zero-order valence-electron chi connectivity index (χ0n) is 14.8. The molecule has 0 saturated heterocycles. The van der Waals surface area contributed by atoms with Crippen molar-refractivity contribution in [3.05, 3.63) is 101 Å². The van der Waals surface area contributed by atoms with Crippen LogP contribution in [0.4, 0.5) is 0 Å². The first kappa shape index (κ1) is 18.3. The standard InChI is InChI=1S/C22H21N3O2/c23-21(26)20-12-11-18(15-25-20)22(27)24-14-13-19(16-7-3-1-4-8-16)17-9-5-2-6-10-17/h1-12,15,19H,13-14H2,(H2,23,26)(H,24,27). The van der Waals surface area contributed by atoms with Crippen LogP contribution in [0.25, 0.3) is 0 Å². The van der Waals surface area contributed by atoms with Crippen LogP contribution in [0.2, 0.25) is 0 Å². The highest BCUT2D eigenvalue weighted by molar-refractivity contribution is 5.95. The number of hydrogen-bond acceptors (Lipinski definition) is 3. The van der Waals surface area contributed by atoms with Crippen molar-refractivity contribution in [2.24, 2.45) is 5.73 Å². The van der Waals surface area contributed by atoms with E-state index < -0.39 is 5.91 Å². The average molecular weight is 359 g/mol. The Morgan fingerprint density at radius 1 is 0.889 bits per heavy atom. The van der Waals surface area contributed by atoms with Crippen molar-refractivity contribution >= 4 is 11.8 Å². The molecule has 1 heterocycles. The average Bonchev–Trinajstić information content (AvgIpc) is 2.72. The molecular weight excluding hydrogens is 338 g/mol. The molecule has 0 aliphatic carbocycles. The summed E-state index contributed by atoms with van der Waals surface area (Å²) in [5, 5.41) is 2.92. The molecule has 0 fully saturated rings. The summed E-state index contributed by atoms with van der Waals surface area (Å²) in [6, 6.07) is 23.5. The van der Waals surface area contributed by atoms with Crippen molar-refractivity contribution in [1.82, 2.24) is 10.3 Å². The highest BCUT2D eigenvalue weighted by Crippen LogP contribution is 2.27. The highest BCUT2D eigenvalue weighted by atomic mass is 16.2. The molecule has 3 N–H and O–H groups in total.